The van der Waals surface area contributed by atoms with Crippen molar-refractivity contribution in [2.75, 3.05) is 13.7 Å². The van der Waals surface area contributed by atoms with Crippen molar-refractivity contribution in [1.82, 2.24) is 4.90 Å². The Morgan fingerprint density at radius 2 is 1.91 bits per heavy atom. The zero-order valence-corrected chi connectivity index (χ0v) is 18.5. The second-order valence-electron chi connectivity index (χ2n) is 6.97. The number of ether oxygens (including phenoxy) is 2. The molecule has 32 heavy (non-hydrogen) atoms. The topological polar surface area (TPSA) is 79.6 Å². The Balaban J connectivity index is 1.94. The van der Waals surface area contributed by atoms with Crippen LogP contribution in [-0.4, -0.2) is 30.4 Å². The normalized spacial score (nSPS) is 15.1. The van der Waals surface area contributed by atoms with E-state index in [2.05, 4.69) is 6.58 Å². The van der Waals surface area contributed by atoms with E-state index in [1.807, 2.05) is 24.3 Å². The van der Waals surface area contributed by atoms with Gasteiger partial charge in [-0.1, -0.05) is 41.9 Å². The number of amides is 2. The van der Waals surface area contributed by atoms with E-state index in [0.29, 0.717) is 27.7 Å². The third-order valence-corrected chi connectivity index (χ3v) is 5.35. The zero-order valence-electron chi connectivity index (χ0n) is 17.7. The molecule has 0 unspecified atom stereocenters. The number of benzene rings is 2. The van der Waals surface area contributed by atoms with E-state index in [1.165, 1.54) is 13.2 Å². The Hall–Kier alpha value is -3.82. The van der Waals surface area contributed by atoms with Crippen LogP contribution in [0.3, 0.4) is 0 Å². The highest BCUT2D eigenvalue weighted by atomic mass is 35.5. The first kappa shape index (κ1) is 22.9. The summed E-state index contributed by atoms with van der Waals surface area (Å²) in [6.07, 6.45) is 3.06. The van der Waals surface area contributed by atoms with Gasteiger partial charge >= 0.3 is 0 Å². The monoisotopic (exact) mass is 448 g/mol. The van der Waals surface area contributed by atoms with Crippen molar-refractivity contribution >= 4 is 29.5 Å². The Morgan fingerprint density at radius 3 is 2.56 bits per heavy atom. The van der Waals surface area contributed by atoms with E-state index >= 15 is 0 Å². The first-order valence-corrected chi connectivity index (χ1v) is 10.1. The van der Waals surface area contributed by atoms with Gasteiger partial charge in [-0.05, 0) is 42.3 Å². The van der Waals surface area contributed by atoms with Gasteiger partial charge in [0.25, 0.3) is 11.8 Å². The molecule has 0 atom stereocenters. The molecule has 2 aromatic rings. The van der Waals surface area contributed by atoms with Crippen molar-refractivity contribution in [2.24, 2.45) is 0 Å². The number of methoxy groups -OCH3 is 1. The molecule has 2 aromatic carbocycles. The quantitative estimate of drug-likeness (QED) is 0.348. The minimum absolute atomic E-state index is 0.0195. The maximum atomic E-state index is 12.9. The van der Waals surface area contributed by atoms with Gasteiger partial charge in [-0.3, -0.25) is 14.5 Å². The minimum atomic E-state index is -0.618. The smallest absolute Gasteiger partial charge is 0.271 e. The highest BCUT2D eigenvalue weighted by Gasteiger charge is 2.34. The summed E-state index contributed by atoms with van der Waals surface area (Å²) in [6, 6.07) is 14.5. The molecule has 0 aliphatic carbocycles. The molecule has 1 heterocycles. The molecule has 0 bridgehead atoms. The van der Waals surface area contributed by atoms with Crippen LogP contribution in [-0.2, 0) is 16.2 Å². The average molecular weight is 449 g/mol. The fourth-order valence-electron chi connectivity index (χ4n) is 3.26. The van der Waals surface area contributed by atoms with Crippen molar-refractivity contribution in [2.45, 2.75) is 13.5 Å². The number of carbonyl (C=O) groups is 2. The van der Waals surface area contributed by atoms with E-state index in [4.69, 9.17) is 21.1 Å². The minimum Gasteiger partial charge on any atom is -0.493 e. The molecule has 0 saturated carbocycles. The lowest BCUT2D eigenvalue weighted by Crippen LogP contribution is -2.42. The summed E-state index contributed by atoms with van der Waals surface area (Å²) in [4.78, 5) is 26.3. The molecule has 0 aromatic heterocycles. The molecule has 0 saturated heterocycles. The molecule has 2 amide bonds. The van der Waals surface area contributed by atoms with Crippen LogP contribution in [0.2, 0.25) is 5.02 Å². The maximum absolute atomic E-state index is 12.9. The maximum Gasteiger partial charge on any atom is 0.271 e. The van der Waals surface area contributed by atoms with E-state index in [9.17, 15) is 14.9 Å². The van der Waals surface area contributed by atoms with Crippen LogP contribution < -0.4 is 9.47 Å². The highest BCUT2D eigenvalue weighted by molar-refractivity contribution is 6.31. The molecular weight excluding hydrogens is 428 g/mol. The number of nitrogens with zero attached hydrogens (tertiary/aromatic N) is 2. The lowest BCUT2D eigenvalue weighted by atomic mass is 9.93. The first-order valence-electron chi connectivity index (χ1n) is 9.75. The molecule has 0 fully saturated rings. The molecule has 6 nitrogen and oxygen atoms in total. The Labute approximate surface area is 191 Å². The summed E-state index contributed by atoms with van der Waals surface area (Å²) in [5.74, 6) is -0.119. The van der Waals surface area contributed by atoms with Crippen LogP contribution in [0.25, 0.3) is 6.08 Å². The van der Waals surface area contributed by atoms with Gasteiger partial charge in [0, 0.05) is 22.7 Å². The number of halogens is 1. The lowest BCUT2D eigenvalue weighted by Gasteiger charge is -2.26. The van der Waals surface area contributed by atoms with Crippen LogP contribution in [0.15, 0.2) is 71.8 Å². The van der Waals surface area contributed by atoms with Gasteiger partial charge in [0.2, 0.25) is 0 Å². The number of imide groups is 1. The van der Waals surface area contributed by atoms with Crippen LogP contribution in [0.4, 0.5) is 0 Å². The van der Waals surface area contributed by atoms with E-state index in [0.717, 1.165) is 10.5 Å². The molecule has 1 aliphatic heterocycles. The standard InChI is InChI=1S/C25H21ClN2O4/c1-4-11-28-24(29)19(16(2)20(14-27)25(28)30)12-17-9-10-22(23(13-17)31-3)32-15-18-7-5-6-8-21(18)26/h4-10,12-13H,1,11,15H2,2-3H3/b19-12+. The van der Waals surface area contributed by atoms with E-state index in [-0.39, 0.29) is 24.3 Å². The fourth-order valence-corrected chi connectivity index (χ4v) is 3.45. The second kappa shape index (κ2) is 9.99. The number of carbonyl (C=O) groups excluding carboxylic acids is 2. The zero-order chi connectivity index (χ0) is 23.3. The predicted octanol–water partition coefficient (Wildman–Crippen LogP) is 4.71. The molecule has 0 spiro atoms. The first-order chi connectivity index (χ1) is 15.4. The van der Waals surface area contributed by atoms with Gasteiger partial charge in [-0.2, -0.15) is 5.26 Å². The number of rotatable bonds is 7. The summed E-state index contributed by atoms with van der Waals surface area (Å²) in [7, 11) is 1.52. The van der Waals surface area contributed by atoms with Crippen molar-refractivity contribution in [3.63, 3.8) is 0 Å². The highest BCUT2D eigenvalue weighted by Crippen LogP contribution is 2.32. The van der Waals surface area contributed by atoms with Gasteiger partial charge in [-0.15, -0.1) is 6.58 Å². The molecule has 1 aliphatic rings. The third-order valence-electron chi connectivity index (χ3n) is 4.98. The third kappa shape index (κ3) is 4.58. The summed E-state index contributed by atoms with van der Waals surface area (Å²) >= 11 is 6.18. The van der Waals surface area contributed by atoms with E-state index < -0.39 is 11.8 Å². The van der Waals surface area contributed by atoms with Crippen LogP contribution >= 0.6 is 11.6 Å². The second-order valence-corrected chi connectivity index (χ2v) is 7.38. The summed E-state index contributed by atoms with van der Waals surface area (Å²) in [5, 5.41) is 10.0. The number of nitriles is 1. The lowest BCUT2D eigenvalue weighted by molar-refractivity contribution is -0.139. The summed E-state index contributed by atoms with van der Waals surface area (Å²) in [5.41, 5.74) is 2.02. The molecular formula is C25H21ClN2O4. The van der Waals surface area contributed by atoms with Crippen LogP contribution in [0.1, 0.15) is 18.1 Å². The predicted molar refractivity (Wildman–Crippen MR) is 122 cm³/mol. The van der Waals surface area contributed by atoms with Crippen molar-refractivity contribution in [3.05, 3.63) is 88.0 Å². The SMILES string of the molecule is C=CCN1C(=O)C(C#N)=C(C)/C(=C\c2ccc(OCc3ccccc3Cl)c(OC)c2)C1=O. The van der Waals surface area contributed by atoms with E-state index in [1.54, 1.807) is 37.3 Å². The van der Waals surface area contributed by atoms with Crippen LogP contribution in [0.5, 0.6) is 11.5 Å². The van der Waals surface area contributed by atoms with Gasteiger partial charge in [-0.25, -0.2) is 0 Å². The van der Waals surface area contributed by atoms with Gasteiger partial charge < -0.3 is 9.47 Å². The molecule has 0 radical (unpaired) electrons. The summed E-state index contributed by atoms with van der Waals surface area (Å²) in [6.45, 7) is 5.45. The van der Waals surface area contributed by atoms with Crippen LogP contribution in [0, 0.1) is 11.3 Å². The molecule has 3 rings (SSSR count). The molecule has 0 N–H and O–H groups in total. The van der Waals surface area contributed by atoms with Crippen molar-refractivity contribution < 1.29 is 19.1 Å². The van der Waals surface area contributed by atoms with Gasteiger partial charge in [0.05, 0.1) is 7.11 Å². The van der Waals surface area contributed by atoms with Crippen molar-refractivity contribution in [1.29, 1.82) is 5.26 Å². The van der Waals surface area contributed by atoms with Crippen molar-refractivity contribution in [3.8, 4) is 17.6 Å². The molecule has 7 heteroatoms. The van der Waals surface area contributed by atoms with Gasteiger partial charge in [0.15, 0.2) is 11.5 Å². The number of hydrogen-bond acceptors (Lipinski definition) is 5. The Morgan fingerprint density at radius 1 is 1.16 bits per heavy atom. The Kier molecular flexibility index (Phi) is 7.14. The fraction of sp³-hybridized carbons (Fsp3) is 0.160. The largest absolute Gasteiger partial charge is 0.493 e. The average Bonchev–Trinajstić information content (AvgIpc) is 2.79. The molecule has 162 valence electrons. The number of hydrogen-bond donors (Lipinski definition) is 0. The summed E-state index contributed by atoms with van der Waals surface area (Å²) < 4.78 is 11.3. The Bertz CT molecular complexity index is 1190. The van der Waals surface area contributed by atoms with Gasteiger partial charge in [0.1, 0.15) is 18.2 Å².